The minimum atomic E-state index is -0.518. The van der Waals surface area contributed by atoms with Crippen molar-refractivity contribution in [1.29, 1.82) is 5.26 Å². The van der Waals surface area contributed by atoms with Crippen LogP contribution < -0.4 is 10.6 Å². The molecule has 0 radical (unpaired) electrons. The summed E-state index contributed by atoms with van der Waals surface area (Å²) in [5.74, 6) is 0.375. The van der Waals surface area contributed by atoms with Crippen molar-refractivity contribution in [3.8, 4) is 17.2 Å². The predicted molar refractivity (Wildman–Crippen MR) is 157 cm³/mol. The van der Waals surface area contributed by atoms with E-state index < -0.39 is 11.7 Å². The van der Waals surface area contributed by atoms with Gasteiger partial charge in [-0.05, 0) is 99.2 Å². The van der Waals surface area contributed by atoms with E-state index in [0.29, 0.717) is 24.4 Å². The molecule has 2 N–H and O–H groups in total. The van der Waals surface area contributed by atoms with Gasteiger partial charge in [0.15, 0.2) is 0 Å². The summed E-state index contributed by atoms with van der Waals surface area (Å²) < 4.78 is 5.34. The summed E-state index contributed by atoms with van der Waals surface area (Å²) in [6.07, 6.45) is 3.67. The second-order valence-corrected chi connectivity index (χ2v) is 11.7. The molecular weight excluding hydrogens is 498 g/mol. The maximum atomic E-state index is 13.5. The van der Waals surface area contributed by atoms with Crippen LogP contribution >= 0.6 is 0 Å². The third-order valence-electron chi connectivity index (χ3n) is 7.36. The van der Waals surface area contributed by atoms with Crippen LogP contribution in [0.3, 0.4) is 0 Å². The summed E-state index contributed by atoms with van der Waals surface area (Å²) in [4.78, 5) is 25.5. The molecule has 1 aliphatic carbocycles. The fourth-order valence-corrected chi connectivity index (χ4v) is 5.27. The Balaban J connectivity index is 1.42. The van der Waals surface area contributed by atoms with Crippen LogP contribution in [-0.4, -0.2) is 24.1 Å². The number of benzene rings is 3. The normalized spacial score (nSPS) is 17.8. The third kappa shape index (κ3) is 8.44. The van der Waals surface area contributed by atoms with E-state index in [4.69, 9.17) is 4.74 Å². The molecule has 0 aromatic heterocycles. The van der Waals surface area contributed by atoms with E-state index >= 15 is 0 Å². The van der Waals surface area contributed by atoms with Crippen LogP contribution in [-0.2, 0) is 16.0 Å². The Bertz CT molecular complexity index is 1330. The fraction of sp³-hybridized carbons (Fsp3) is 0.382. The minimum Gasteiger partial charge on any atom is -0.444 e. The molecule has 0 aliphatic heterocycles. The quantitative estimate of drug-likeness (QED) is 0.325. The molecule has 1 fully saturated rings. The van der Waals surface area contributed by atoms with Crippen molar-refractivity contribution in [3.05, 3.63) is 95.6 Å². The molecule has 40 heavy (non-hydrogen) atoms. The molecule has 6 nitrogen and oxygen atoms in total. The zero-order valence-electron chi connectivity index (χ0n) is 23.7. The van der Waals surface area contributed by atoms with Gasteiger partial charge in [-0.3, -0.25) is 4.79 Å². The van der Waals surface area contributed by atoms with E-state index in [1.807, 2.05) is 69.3 Å². The van der Waals surface area contributed by atoms with Crippen molar-refractivity contribution in [3.63, 3.8) is 0 Å². The molecule has 0 bridgehead atoms. The number of hydrogen-bond acceptors (Lipinski definition) is 4. The Morgan fingerprint density at radius 1 is 0.925 bits per heavy atom. The monoisotopic (exact) mass is 537 g/mol. The molecule has 1 unspecified atom stereocenters. The molecule has 3 aromatic carbocycles. The fourth-order valence-electron chi connectivity index (χ4n) is 5.27. The maximum Gasteiger partial charge on any atom is 0.407 e. The average Bonchev–Trinajstić information content (AvgIpc) is 2.96. The number of rotatable bonds is 8. The van der Waals surface area contributed by atoms with Gasteiger partial charge in [0.25, 0.3) is 0 Å². The summed E-state index contributed by atoms with van der Waals surface area (Å²) in [5, 5.41) is 15.6. The van der Waals surface area contributed by atoms with Gasteiger partial charge in [0.2, 0.25) is 5.91 Å². The number of alkyl carbamates (subject to hydrolysis) is 1. The van der Waals surface area contributed by atoms with E-state index in [9.17, 15) is 14.9 Å². The number of hydrogen-bond donors (Lipinski definition) is 2. The lowest BCUT2D eigenvalue weighted by Crippen LogP contribution is -2.39. The van der Waals surface area contributed by atoms with Gasteiger partial charge in [0.05, 0.1) is 17.7 Å². The lowest BCUT2D eigenvalue weighted by molar-refractivity contribution is -0.127. The first kappa shape index (κ1) is 28.9. The molecule has 0 heterocycles. The van der Waals surface area contributed by atoms with Crippen LogP contribution in [0.15, 0.2) is 78.9 Å². The van der Waals surface area contributed by atoms with Crippen molar-refractivity contribution >= 4 is 12.0 Å². The number of ether oxygens (including phenoxy) is 1. The van der Waals surface area contributed by atoms with Crippen molar-refractivity contribution < 1.29 is 14.3 Å². The minimum absolute atomic E-state index is 0.0495. The van der Waals surface area contributed by atoms with Gasteiger partial charge >= 0.3 is 6.09 Å². The van der Waals surface area contributed by atoms with Crippen molar-refractivity contribution in [1.82, 2.24) is 10.6 Å². The number of nitrogens with zero attached hydrogens (tertiary/aromatic N) is 1. The summed E-state index contributed by atoms with van der Waals surface area (Å²) in [7, 11) is 0. The standard InChI is InChI=1S/C34H39N3O3/c1-34(2,3)40-33(39)36-23-25-15-17-27(18-16-25)32(38)37-31(20-24-9-5-4-6-10-24)30-14-8-13-29(21-30)28-12-7-11-26(19-28)22-35/h4-14,19,21,25,27,31H,15-18,20,23H2,1-3H3,(H,36,39)(H,37,38). The predicted octanol–water partition coefficient (Wildman–Crippen LogP) is 6.96. The average molecular weight is 538 g/mol. The molecule has 0 spiro atoms. The zero-order valence-corrected chi connectivity index (χ0v) is 23.7. The van der Waals surface area contributed by atoms with Crippen LogP contribution in [0.5, 0.6) is 0 Å². The number of carbonyl (C=O) groups is 2. The topological polar surface area (TPSA) is 91.2 Å². The second-order valence-electron chi connectivity index (χ2n) is 11.7. The van der Waals surface area contributed by atoms with Crippen molar-refractivity contribution in [2.75, 3.05) is 6.54 Å². The van der Waals surface area contributed by atoms with Gasteiger partial charge in [0, 0.05) is 12.5 Å². The SMILES string of the molecule is CC(C)(C)OC(=O)NCC1CCC(C(=O)NC(Cc2ccccc2)c2cccc(-c3cccc(C#N)c3)c2)CC1. The van der Waals surface area contributed by atoms with E-state index in [1.54, 1.807) is 6.07 Å². The van der Waals surface area contributed by atoms with Crippen LogP contribution in [0.25, 0.3) is 11.1 Å². The van der Waals surface area contributed by atoms with Crippen molar-refractivity contribution in [2.24, 2.45) is 11.8 Å². The first-order valence-corrected chi connectivity index (χ1v) is 14.1. The molecule has 6 heteroatoms. The second kappa shape index (κ2) is 13.3. The van der Waals surface area contributed by atoms with Gasteiger partial charge in [-0.25, -0.2) is 4.79 Å². The molecular formula is C34H39N3O3. The molecule has 208 valence electrons. The van der Waals surface area contributed by atoms with Gasteiger partial charge in [-0.2, -0.15) is 5.26 Å². The number of carbonyl (C=O) groups excluding carboxylic acids is 2. The Labute approximate surface area is 237 Å². The Morgan fingerprint density at radius 3 is 2.27 bits per heavy atom. The Kier molecular flexibility index (Phi) is 9.60. The summed E-state index contributed by atoms with van der Waals surface area (Å²) in [6.45, 7) is 6.12. The smallest absolute Gasteiger partial charge is 0.407 e. The number of amides is 2. The van der Waals surface area contributed by atoms with E-state index in [-0.39, 0.29) is 17.9 Å². The summed E-state index contributed by atoms with van der Waals surface area (Å²) in [5.41, 5.74) is 4.28. The molecule has 1 saturated carbocycles. The molecule has 4 rings (SSSR count). The van der Waals surface area contributed by atoms with Crippen LogP contribution in [0.4, 0.5) is 4.79 Å². The highest BCUT2D eigenvalue weighted by molar-refractivity contribution is 5.79. The van der Waals surface area contributed by atoms with Gasteiger partial charge in [-0.1, -0.05) is 60.7 Å². The molecule has 0 saturated heterocycles. The summed E-state index contributed by atoms with van der Waals surface area (Å²) >= 11 is 0. The third-order valence-corrected chi connectivity index (χ3v) is 7.36. The van der Waals surface area contributed by atoms with Crippen LogP contribution in [0.1, 0.15) is 69.2 Å². The Hall–Kier alpha value is -4.11. The molecule has 2 amide bonds. The Morgan fingerprint density at radius 2 is 1.60 bits per heavy atom. The molecule has 1 aliphatic rings. The van der Waals surface area contributed by atoms with E-state index in [0.717, 1.165) is 47.9 Å². The highest BCUT2D eigenvalue weighted by atomic mass is 16.6. The van der Waals surface area contributed by atoms with Crippen LogP contribution in [0, 0.1) is 23.2 Å². The number of nitriles is 1. The highest BCUT2D eigenvalue weighted by Crippen LogP contribution is 2.31. The van der Waals surface area contributed by atoms with Crippen LogP contribution in [0.2, 0.25) is 0 Å². The van der Waals surface area contributed by atoms with Gasteiger partial charge in [-0.15, -0.1) is 0 Å². The first-order valence-electron chi connectivity index (χ1n) is 14.1. The maximum absolute atomic E-state index is 13.5. The summed E-state index contributed by atoms with van der Waals surface area (Å²) in [6, 6.07) is 28.0. The first-order chi connectivity index (χ1) is 19.2. The zero-order chi connectivity index (χ0) is 28.5. The highest BCUT2D eigenvalue weighted by Gasteiger charge is 2.29. The van der Waals surface area contributed by atoms with E-state index in [2.05, 4.69) is 41.0 Å². The van der Waals surface area contributed by atoms with E-state index in [1.165, 1.54) is 0 Å². The van der Waals surface area contributed by atoms with Crippen molar-refractivity contribution in [2.45, 2.75) is 64.5 Å². The van der Waals surface area contributed by atoms with Gasteiger partial charge < -0.3 is 15.4 Å². The number of nitrogens with one attached hydrogen (secondary N) is 2. The molecule has 1 atom stereocenters. The largest absolute Gasteiger partial charge is 0.444 e. The lowest BCUT2D eigenvalue weighted by atomic mass is 9.81. The van der Waals surface area contributed by atoms with Gasteiger partial charge in [0.1, 0.15) is 5.60 Å². The molecule has 3 aromatic rings. The lowest BCUT2D eigenvalue weighted by Gasteiger charge is -2.30.